The number of aliphatic hydroxyl groups excluding tert-OH is 1. The van der Waals surface area contributed by atoms with Crippen molar-refractivity contribution in [2.45, 2.75) is 32.7 Å². The van der Waals surface area contributed by atoms with E-state index in [4.69, 9.17) is 21.4 Å². The zero-order valence-corrected chi connectivity index (χ0v) is 11.7. The summed E-state index contributed by atoms with van der Waals surface area (Å²) in [5, 5.41) is 12.6. The number of rotatable bonds is 9. The summed E-state index contributed by atoms with van der Waals surface area (Å²) in [4.78, 5) is 0. The van der Waals surface area contributed by atoms with E-state index in [1.807, 2.05) is 18.2 Å². The molecule has 0 aliphatic heterocycles. The highest BCUT2D eigenvalue weighted by Gasteiger charge is 2.07. The highest BCUT2D eigenvalue weighted by Crippen LogP contribution is 2.28. The molecule has 0 amide bonds. The van der Waals surface area contributed by atoms with Crippen LogP contribution in [-0.2, 0) is 6.54 Å². The SMILES string of the molecule is CCNCc1cccc(Cl)c1OCCCCCO. The summed E-state index contributed by atoms with van der Waals surface area (Å²) in [6, 6.07) is 5.81. The van der Waals surface area contributed by atoms with Gasteiger partial charge in [0.05, 0.1) is 11.6 Å². The summed E-state index contributed by atoms with van der Waals surface area (Å²) >= 11 is 6.16. The monoisotopic (exact) mass is 271 g/mol. The fraction of sp³-hybridized carbons (Fsp3) is 0.571. The van der Waals surface area contributed by atoms with E-state index in [1.54, 1.807) is 0 Å². The largest absolute Gasteiger partial charge is 0.492 e. The molecule has 4 heteroatoms. The lowest BCUT2D eigenvalue weighted by Gasteiger charge is -2.13. The Kier molecular flexibility index (Phi) is 7.81. The fourth-order valence-corrected chi connectivity index (χ4v) is 1.93. The van der Waals surface area contributed by atoms with Crippen molar-refractivity contribution in [3.63, 3.8) is 0 Å². The number of halogens is 1. The van der Waals surface area contributed by atoms with Crippen molar-refractivity contribution in [2.75, 3.05) is 19.8 Å². The first kappa shape index (κ1) is 15.3. The van der Waals surface area contributed by atoms with Gasteiger partial charge in [-0.1, -0.05) is 30.7 Å². The van der Waals surface area contributed by atoms with Crippen LogP contribution >= 0.6 is 11.6 Å². The van der Waals surface area contributed by atoms with E-state index in [-0.39, 0.29) is 6.61 Å². The number of unbranched alkanes of at least 4 members (excludes halogenated alkanes) is 2. The highest BCUT2D eigenvalue weighted by molar-refractivity contribution is 6.32. The zero-order valence-electron chi connectivity index (χ0n) is 10.9. The van der Waals surface area contributed by atoms with E-state index in [0.717, 1.165) is 43.7 Å². The van der Waals surface area contributed by atoms with Crippen molar-refractivity contribution in [3.05, 3.63) is 28.8 Å². The third kappa shape index (κ3) is 5.25. The molecule has 3 nitrogen and oxygen atoms in total. The second-order valence-corrected chi connectivity index (χ2v) is 4.55. The topological polar surface area (TPSA) is 41.5 Å². The zero-order chi connectivity index (χ0) is 13.2. The third-order valence-electron chi connectivity index (χ3n) is 2.66. The quantitative estimate of drug-likeness (QED) is 0.679. The molecule has 2 N–H and O–H groups in total. The minimum absolute atomic E-state index is 0.248. The van der Waals surface area contributed by atoms with Gasteiger partial charge in [0.15, 0.2) is 0 Å². The molecule has 1 aromatic carbocycles. The molecular formula is C14H22ClNO2. The molecule has 102 valence electrons. The molecule has 0 spiro atoms. The van der Waals surface area contributed by atoms with Gasteiger partial charge in [-0.05, 0) is 31.9 Å². The van der Waals surface area contributed by atoms with Gasteiger partial charge in [-0.3, -0.25) is 0 Å². The molecule has 0 fully saturated rings. The number of benzene rings is 1. The summed E-state index contributed by atoms with van der Waals surface area (Å²) in [6.07, 6.45) is 2.74. The first-order chi connectivity index (χ1) is 8.79. The van der Waals surface area contributed by atoms with Crippen LogP contribution in [0.15, 0.2) is 18.2 Å². The number of hydrogen-bond acceptors (Lipinski definition) is 3. The van der Waals surface area contributed by atoms with Gasteiger partial charge in [-0.2, -0.15) is 0 Å². The Hall–Kier alpha value is -0.770. The first-order valence-corrected chi connectivity index (χ1v) is 6.89. The van der Waals surface area contributed by atoms with Crippen LogP contribution in [0.5, 0.6) is 5.75 Å². The van der Waals surface area contributed by atoms with E-state index in [0.29, 0.717) is 11.6 Å². The molecule has 0 radical (unpaired) electrons. The van der Waals surface area contributed by atoms with Crippen LogP contribution in [0.2, 0.25) is 5.02 Å². The van der Waals surface area contributed by atoms with E-state index in [2.05, 4.69) is 12.2 Å². The molecule has 0 atom stereocenters. The van der Waals surface area contributed by atoms with Gasteiger partial charge >= 0.3 is 0 Å². The van der Waals surface area contributed by atoms with Gasteiger partial charge in [0.25, 0.3) is 0 Å². The molecule has 0 aliphatic carbocycles. The molecule has 0 bridgehead atoms. The Labute approximate surface area is 114 Å². The summed E-state index contributed by atoms with van der Waals surface area (Å²) in [7, 11) is 0. The second-order valence-electron chi connectivity index (χ2n) is 4.14. The van der Waals surface area contributed by atoms with Gasteiger partial charge in [-0.15, -0.1) is 0 Å². The number of hydrogen-bond donors (Lipinski definition) is 2. The van der Waals surface area contributed by atoms with Crippen LogP contribution in [0.1, 0.15) is 31.7 Å². The Morgan fingerprint density at radius 1 is 1.28 bits per heavy atom. The number of ether oxygens (including phenoxy) is 1. The third-order valence-corrected chi connectivity index (χ3v) is 2.96. The van der Waals surface area contributed by atoms with E-state index >= 15 is 0 Å². The van der Waals surface area contributed by atoms with Crippen LogP contribution in [-0.4, -0.2) is 24.9 Å². The Morgan fingerprint density at radius 2 is 2.11 bits per heavy atom. The number of nitrogens with one attached hydrogen (secondary N) is 1. The van der Waals surface area contributed by atoms with Crippen LogP contribution in [0, 0.1) is 0 Å². The first-order valence-electron chi connectivity index (χ1n) is 6.51. The summed E-state index contributed by atoms with van der Waals surface area (Å²) < 4.78 is 5.76. The molecule has 0 aromatic heterocycles. The lowest BCUT2D eigenvalue weighted by molar-refractivity contribution is 0.265. The van der Waals surface area contributed by atoms with Crippen molar-refractivity contribution in [3.8, 4) is 5.75 Å². The Morgan fingerprint density at radius 3 is 2.83 bits per heavy atom. The van der Waals surface area contributed by atoms with Gasteiger partial charge < -0.3 is 15.2 Å². The summed E-state index contributed by atoms with van der Waals surface area (Å²) in [6.45, 7) is 4.64. The van der Waals surface area contributed by atoms with Crippen molar-refractivity contribution in [1.82, 2.24) is 5.32 Å². The molecule has 0 saturated heterocycles. The average Bonchev–Trinajstić information content (AvgIpc) is 2.38. The molecule has 0 saturated carbocycles. The molecule has 0 aliphatic rings. The Balaban J connectivity index is 2.50. The summed E-state index contributed by atoms with van der Waals surface area (Å²) in [5.74, 6) is 0.782. The van der Waals surface area contributed by atoms with Gasteiger partial charge in [-0.25, -0.2) is 0 Å². The van der Waals surface area contributed by atoms with E-state index < -0.39 is 0 Å². The van der Waals surface area contributed by atoms with Gasteiger partial charge in [0.2, 0.25) is 0 Å². The molecule has 1 aromatic rings. The van der Waals surface area contributed by atoms with Crippen LogP contribution in [0.3, 0.4) is 0 Å². The molecule has 0 heterocycles. The minimum Gasteiger partial charge on any atom is -0.492 e. The van der Waals surface area contributed by atoms with Crippen molar-refractivity contribution < 1.29 is 9.84 Å². The van der Waals surface area contributed by atoms with E-state index in [1.165, 1.54) is 0 Å². The molecular weight excluding hydrogens is 250 g/mol. The fourth-order valence-electron chi connectivity index (χ4n) is 1.68. The minimum atomic E-state index is 0.248. The van der Waals surface area contributed by atoms with Crippen molar-refractivity contribution in [2.24, 2.45) is 0 Å². The lowest BCUT2D eigenvalue weighted by Crippen LogP contribution is -2.13. The smallest absolute Gasteiger partial charge is 0.142 e. The average molecular weight is 272 g/mol. The maximum absolute atomic E-state index is 8.70. The number of para-hydroxylation sites is 1. The maximum atomic E-state index is 8.70. The molecule has 18 heavy (non-hydrogen) atoms. The number of aliphatic hydroxyl groups is 1. The van der Waals surface area contributed by atoms with E-state index in [9.17, 15) is 0 Å². The molecule has 1 rings (SSSR count). The predicted molar refractivity (Wildman–Crippen MR) is 75.3 cm³/mol. The van der Waals surface area contributed by atoms with Crippen LogP contribution < -0.4 is 10.1 Å². The molecule has 0 unspecified atom stereocenters. The predicted octanol–water partition coefficient (Wildman–Crippen LogP) is 2.99. The van der Waals surface area contributed by atoms with Crippen molar-refractivity contribution in [1.29, 1.82) is 0 Å². The highest BCUT2D eigenvalue weighted by atomic mass is 35.5. The second kappa shape index (κ2) is 9.20. The van der Waals surface area contributed by atoms with Gasteiger partial charge in [0, 0.05) is 18.7 Å². The lowest BCUT2D eigenvalue weighted by atomic mass is 10.2. The van der Waals surface area contributed by atoms with Crippen LogP contribution in [0.4, 0.5) is 0 Å². The van der Waals surface area contributed by atoms with Gasteiger partial charge in [0.1, 0.15) is 5.75 Å². The standard InChI is InChI=1S/C14H22ClNO2/c1-2-16-11-12-7-6-8-13(15)14(12)18-10-5-3-4-9-17/h6-8,16-17H,2-5,9-11H2,1H3. The Bertz CT molecular complexity index is 345. The summed E-state index contributed by atoms with van der Waals surface area (Å²) in [5.41, 5.74) is 1.09. The van der Waals surface area contributed by atoms with Crippen LogP contribution in [0.25, 0.3) is 0 Å². The van der Waals surface area contributed by atoms with Crippen molar-refractivity contribution >= 4 is 11.6 Å². The normalized spacial score (nSPS) is 10.6. The maximum Gasteiger partial charge on any atom is 0.142 e.